The Morgan fingerprint density at radius 3 is 2.35 bits per heavy atom. The summed E-state index contributed by atoms with van der Waals surface area (Å²) >= 11 is 0. The van der Waals surface area contributed by atoms with Gasteiger partial charge in [-0.3, -0.25) is 0 Å². The molecule has 0 saturated carbocycles. The van der Waals surface area contributed by atoms with Gasteiger partial charge in [-0.1, -0.05) is 17.7 Å². The van der Waals surface area contributed by atoms with Crippen LogP contribution in [-0.4, -0.2) is 26.7 Å². The summed E-state index contributed by atoms with van der Waals surface area (Å²) in [5, 5.41) is 8.03. The molecule has 2 aromatic carbocycles. The Morgan fingerprint density at radius 2 is 1.65 bits per heavy atom. The van der Waals surface area contributed by atoms with Crippen molar-refractivity contribution in [1.29, 1.82) is 0 Å². The maximum Gasteiger partial charge on any atom is 0.254 e. The quantitative estimate of drug-likeness (QED) is 0.602. The lowest BCUT2D eigenvalue weighted by Crippen LogP contribution is -2.02. The predicted molar refractivity (Wildman–Crippen MR) is 102 cm³/mol. The van der Waals surface area contributed by atoms with Crippen LogP contribution in [0.5, 0.6) is 5.75 Å². The van der Waals surface area contributed by atoms with Crippen molar-refractivity contribution in [3.05, 3.63) is 65.9 Å². The molecule has 0 radical (unpaired) electrons. The van der Waals surface area contributed by atoms with E-state index in [9.17, 15) is 0 Å². The number of benzene rings is 2. The number of hydrogen-bond acceptors (Lipinski definition) is 5. The molecule has 26 heavy (non-hydrogen) atoms. The molecule has 0 fully saturated rings. The molecule has 0 amide bonds. The van der Waals surface area contributed by atoms with Gasteiger partial charge in [-0.15, -0.1) is 5.10 Å². The lowest BCUT2D eigenvalue weighted by atomic mass is 10.2. The van der Waals surface area contributed by atoms with Gasteiger partial charge in [-0.2, -0.15) is 9.50 Å². The van der Waals surface area contributed by atoms with Gasteiger partial charge in [0.15, 0.2) is 5.82 Å². The Hall–Kier alpha value is -3.41. The van der Waals surface area contributed by atoms with E-state index in [0.717, 1.165) is 28.5 Å². The molecule has 2 heterocycles. The lowest BCUT2D eigenvalue weighted by Gasteiger charge is -2.08. The van der Waals surface area contributed by atoms with Crippen LogP contribution in [-0.2, 0) is 0 Å². The van der Waals surface area contributed by atoms with Gasteiger partial charge in [0.1, 0.15) is 11.6 Å². The number of aromatic nitrogens is 4. The van der Waals surface area contributed by atoms with Crippen LogP contribution in [0.2, 0.25) is 0 Å². The Kier molecular flexibility index (Phi) is 4.01. The zero-order chi connectivity index (χ0) is 18.1. The first-order chi connectivity index (χ1) is 12.6. The van der Waals surface area contributed by atoms with Crippen molar-refractivity contribution in [2.24, 2.45) is 0 Å². The standard InChI is InChI=1S/C20H19N5O/c1-13-4-8-16(9-5-13)22-18-12-14(2)21-20-23-19(24-25(18)20)15-6-10-17(26-3)11-7-15/h4-12,22H,1-3H3. The van der Waals surface area contributed by atoms with Crippen LogP contribution < -0.4 is 10.1 Å². The molecule has 2 aromatic heterocycles. The van der Waals surface area contributed by atoms with Gasteiger partial charge in [0, 0.05) is 23.0 Å². The highest BCUT2D eigenvalue weighted by atomic mass is 16.5. The van der Waals surface area contributed by atoms with Crippen LogP contribution >= 0.6 is 0 Å². The first-order valence-corrected chi connectivity index (χ1v) is 8.35. The second-order valence-electron chi connectivity index (χ2n) is 6.15. The van der Waals surface area contributed by atoms with Crippen LogP contribution in [0.1, 0.15) is 11.3 Å². The molecule has 0 atom stereocenters. The third kappa shape index (κ3) is 3.09. The molecule has 1 N–H and O–H groups in total. The van der Waals surface area contributed by atoms with Gasteiger partial charge in [0.25, 0.3) is 5.78 Å². The van der Waals surface area contributed by atoms with Crippen molar-refractivity contribution in [3.63, 3.8) is 0 Å². The Labute approximate surface area is 151 Å². The highest BCUT2D eigenvalue weighted by Crippen LogP contribution is 2.23. The third-order valence-corrected chi connectivity index (χ3v) is 4.11. The highest BCUT2D eigenvalue weighted by molar-refractivity contribution is 5.62. The number of hydrogen-bond donors (Lipinski definition) is 1. The molecule has 0 unspecified atom stereocenters. The molecule has 4 aromatic rings. The normalized spacial score (nSPS) is 10.9. The number of nitrogens with zero attached hydrogens (tertiary/aromatic N) is 4. The average molecular weight is 345 g/mol. The highest BCUT2D eigenvalue weighted by Gasteiger charge is 2.12. The summed E-state index contributed by atoms with van der Waals surface area (Å²) in [6.07, 6.45) is 0. The van der Waals surface area contributed by atoms with E-state index in [1.807, 2.05) is 49.4 Å². The maximum absolute atomic E-state index is 5.21. The predicted octanol–water partition coefficient (Wildman–Crippen LogP) is 4.16. The number of rotatable bonds is 4. The molecule has 0 aliphatic carbocycles. The van der Waals surface area contributed by atoms with Gasteiger partial charge < -0.3 is 10.1 Å². The van der Waals surface area contributed by atoms with Crippen molar-refractivity contribution in [2.45, 2.75) is 13.8 Å². The van der Waals surface area contributed by atoms with Crippen molar-refractivity contribution >= 4 is 17.3 Å². The molecular weight excluding hydrogens is 326 g/mol. The number of fused-ring (bicyclic) bond motifs is 1. The van der Waals surface area contributed by atoms with E-state index in [4.69, 9.17) is 4.74 Å². The monoisotopic (exact) mass is 345 g/mol. The lowest BCUT2D eigenvalue weighted by molar-refractivity contribution is 0.415. The molecule has 0 saturated heterocycles. The summed E-state index contributed by atoms with van der Waals surface area (Å²) < 4.78 is 6.93. The minimum atomic E-state index is 0.561. The van der Waals surface area contributed by atoms with Crippen molar-refractivity contribution < 1.29 is 4.74 Å². The Morgan fingerprint density at radius 1 is 0.923 bits per heavy atom. The van der Waals surface area contributed by atoms with Crippen LogP contribution in [0.25, 0.3) is 17.2 Å². The maximum atomic E-state index is 5.21. The SMILES string of the molecule is COc1ccc(-c2nc3nc(C)cc(Nc4ccc(C)cc4)n3n2)cc1. The summed E-state index contributed by atoms with van der Waals surface area (Å²) in [5.74, 6) is 2.81. The fourth-order valence-electron chi connectivity index (χ4n) is 2.72. The van der Waals surface area contributed by atoms with Crippen LogP contribution in [0, 0.1) is 13.8 Å². The van der Waals surface area contributed by atoms with Gasteiger partial charge in [-0.25, -0.2) is 4.98 Å². The Bertz CT molecular complexity index is 1050. The fraction of sp³-hybridized carbons (Fsp3) is 0.150. The van der Waals surface area contributed by atoms with Crippen molar-refractivity contribution in [1.82, 2.24) is 19.6 Å². The van der Waals surface area contributed by atoms with Crippen LogP contribution in [0.4, 0.5) is 11.5 Å². The number of anilines is 2. The van der Waals surface area contributed by atoms with E-state index in [1.54, 1.807) is 11.6 Å². The number of nitrogens with one attached hydrogen (secondary N) is 1. The van der Waals surface area contributed by atoms with Crippen molar-refractivity contribution in [2.75, 3.05) is 12.4 Å². The topological polar surface area (TPSA) is 64.3 Å². The average Bonchev–Trinajstić information content (AvgIpc) is 3.08. The second kappa shape index (κ2) is 6.48. The minimum Gasteiger partial charge on any atom is -0.497 e. The van der Waals surface area contributed by atoms with E-state index in [0.29, 0.717) is 11.6 Å². The van der Waals surface area contributed by atoms with E-state index < -0.39 is 0 Å². The third-order valence-electron chi connectivity index (χ3n) is 4.11. The number of ether oxygens (including phenoxy) is 1. The van der Waals surface area contributed by atoms with E-state index >= 15 is 0 Å². The molecule has 130 valence electrons. The smallest absolute Gasteiger partial charge is 0.254 e. The van der Waals surface area contributed by atoms with Crippen molar-refractivity contribution in [3.8, 4) is 17.1 Å². The fourth-order valence-corrected chi connectivity index (χ4v) is 2.72. The van der Waals surface area contributed by atoms with E-state index in [-0.39, 0.29) is 0 Å². The summed E-state index contributed by atoms with van der Waals surface area (Å²) in [5.41, 5.74) is 3.99. The first-order valence-electron chi connectivity index (χ1n) is 8.35. The largest absolute Gasteiger partial charge is 0.497 e. The summed E-state index contributed by atoms with van der Waals surface area (Å²) in [7, 11) is 1.65. The second-order valence-corrected chi connectivity index (χ2v) is 6.15. The molecule has 6 heteroatoms. The first kappa shape index (κ1) is 16.1. The molecule has 0 aliphatic rings. The van der Waals surface area contributed by atoms with Gasteiger partial charge in [0.05, 0.1) is 7.11 Å². The van der Waals surface area contributed by atoms with Crippen LogP contribution in [0.15, 0.2) is 54.6 Å². The molecule has 6 nitrogen and oxygen atoms in total. The molecule has 0 aliphatic heterocycles. The Balaban J connectivity index is 1.75. The molecule has 0 bridgehead atoms. The van der Waals surface area contributed by atoms with E-state index in [2.05, 4.69) is 39.4 Å². The number of methoxy groups -OCH3 is 1. The van der Waals surface area contributed by atoms with E-state index in [1.165, 1.54) is 5.56 Å². The molecule has 0 spiro atoms. The van der Waals surface area contributed by atoms with Gasteiger partial charge in [0.2, 0.25) is 0 Å². The molecule has 4 rings (SSSR count). The molecular formula is C20H19N5O. The summed E-state index contributed by atoms with van der Waals surface area (Å²) in [4.78, 5) is 9.07. The van der Waals surface area contributed by atoms with Gasteiger partial charge >= 0.3 is 0 Å². The zero-order valence-corrected chi connectivity index (χ0v) is 14.9. The minimum absolute atomic E-state index is 0.561. The zero-order valence-electron chi connectivity index (χ0n) is 14.9. The summed E-state index contributed by atoms with van der Waals surface area (Å²) in [6.45, 7) is 4.01. The summed E-state index contributed by atoms with van der Waals surface area (Å²) in [6, 6.07) is 17.8. The van der Waals surface area contributed by atoms with Crippen LogP contribution in [0.3, 0.4) is 0 Å². The number of aryl methyl sites for hydroxylation is 2. The van der Waals surface area contributed by atoms with Gasteiger partial charge in [-0.05, 0) is 50.2 Å².